The molecule has 0 bridgehead atoms. The van der Waals surface area contributed by atoms with Gasteiger partial charge in [0, 0.05) is 17.4 Å². The molecule has 3 aromatic rings. The zero-order chi connectivity index (χ0) is 16.4. The SMILES string of the molecule is CC=NC(=C(C)c1ccc2nc(N)cn2n1)c1ccc(F)cc1. The van der Waals surface area contributed by atoms with E-state index in [2.05, 4.69) is 15.1 Å². The van der Waals surface area contributed by atoms with Crippen LogP contribution in [0.25, 0.3) is 16.9 Å². The fourth-order valence-electron chi connectivity index (χ4n) is 2.35. The van der Waals surface area contributed by atoms with Gasteiger partial charge in [0.2, 0.25) is 0 Å². The molecular weight excluding hydrogens is 293 g/mol. The molecule has 0 unspecified atom stereocenters. The molecule has 2 aromatic heterocycles. The zero-order valence-corrected chi connectivity index (χ0v) is 12.9. The lowest BCUT2D eigenvalue weighted by molar-refractivity contribution is 0.627. The van der Waals surface area contributed by atoms with Crippen LogP contribution in [-0.4, -0.2) is 20.8 Å². The van der Waals surface area contributed by atoms with E-state index in [0.29, 0.717) is 11.5 Å². The van der Waals surface area contributed by atoms with Crippen LogP contribution >= 0.6 is 0 Å². The maximum atomic E-state index is 13.1. The number of anilines is 1. The number of nitrogens with zero attached hydrogens (tertiary/aromatic N) is 4. The van der Waals surface area contributed by atoms with E-state index in [1.165, 1.54) is 12.1 Å². The summed E-state index contributed by atoms with van der Waals surface area (Å²) in [6, 6.07) is 9.96. The number of nitrogen functional groups attached to an aromatic ring is 1. The van der Waals surface area contributed by atoms with Gasteiger partial charge >= 0.3 is 0 Å². The third kappa shape index (κ3) is 2.96. The second-order valence-corrected chi connectivity index (χ2v) is 5.05. The number of aliphatic imine (C=N–C) groups is 1. The van der Waals surface area contributed by atoms with Gasteiger partial charge in [0.15, 0.2) is 5.65 Å². The minimum Gasteiger partial charge on any atom is -0.382 e. The summed E-state index contributed by atoms with van der Waals surface area (Å²) in [5.74, 6) is 0.140. The molecule has 2 heterocycles. The first-order valence-electron chi connectivity index (χ1n) is 7.16. The molecule has 0 radical (unpaired) electrons. The Hall–Kier alpha value is -3.02. The van der Waals surface area contributed by atoms with Crippen molar-refractivity contribution >= 4 is 28.9 Å². The van der Waals surface area contributed by atoms with Crippen molar-refractivity contribution in [1.82, 2.24) is 14.6 Å². The van der Waals surface area contributed by atoms with Gasteiger partial charge in [-0.25, -0.2) is 13.9 Å². The third-order valence-corrected chi connectivity index (χ3v) is 3.45. The van der Waals surface area contributed by atoms with E-state index in [-0.39, 0.29) is 5.82 Å². The molecule has 0 atom stereocenters. The summed E-state index contributed by atoms with van der Waals surface area (Å²) in [6.45, 7) is 3.77. The van der Waals surface area contributed by atoms with Crippen LogP contribution in [0.2, 0.25) is 0 Å². The number of allylic oxidation sites excluding steroid dienone is 1. The van der Waals surface area contributed by atoms with Gasteiger partial charge in [0.05, 0.1) is 17.6 Å². The first-order chi connectivity index (χ1) is 11.1. The van der Waals surface area contributed by atoms with E-state index in [4.69, 9.17) is 5.73 Å². The van der Waals surface area contributed by atoms with E-state index in [0.717, 1.165) is 22.5 Å². The average Bonchev–Trinajstić information content (AvgIpc) is 2.92. The quantitative estimate of drug-likeness (QED) is 0.754. The van der Waals surface area contributed by atoms with Crippen LogP contribution in [0.1, 0.15) is 25.1 Å². The van der Waals surface area contributed by atoms with Gasteiger partial charge in [-0.2, -0.15) is 5.10 Å². The van der Waals surface area contributed by atoms with Gasteiger partial charge in [-0.05, 0) is 50.2 Å². The van der Waals surface area contributed by atoms with Crippen molar-refractivity contribution in [2.75, 3.05) is 5.73 Å². The third-order valence-electron chi connectivity index (χ3n) is 3.45. The van der Waals surface area contributed by atoms with E-state index in [1.54, 1.807) is 29.1 Å². The molecular formula is C17H16FN5. The molecule has 0 saturated carbocycles. The van der Waals surface area contributed by atoms with Crippen molar-refractivity contribution in [2.45, 2.75) is 13.8 Å². The molecule has 0 spiro atoms. The molecule has 0 aliphatic carbocycles. The van der Waals surface area contributed by atoms with Gasteiger partial charge in [-0.15, -0.1) is 0 Å². The number of aromatic nitrogens is 3. The van der Waals surface area contributed by atoms with E-state index < -0.39 is 0 Å². The van der Waals surface area contributed by atoms with Gasteiger partial charge in [0.1, 0.15) is 11.6 Å². The summed E-state index contributed by atoms with van der Waals surface area (Å²) >= 11 is 0. The molecule has 0 amide bonds. The van der Waals surface area contributed by atoms with Crippen molar-refractivity contribution < 1.29 is 4.39 Å². The van der Waals surface area contributed by atoms with E-state index in [9.17, 15) is 4.39 Å². The summed E-state index contributed by atoms with van der Waals surface area (Å²) in [4.78, 5) is 8.58. The average molecular weight is 309 g/mol. The molecule has 1 aromatic carbocycles. The van der Waals surface area contributed by atoms with Crippen LogP contribution in [0.3, 0.4) is 0 Å². The topological polar surface area (TPSA) is 68.6 Å². The van der Waals surface area contributed by atoms with Crippen LogP contribution in [0, 0.1) is 5.82 Å². The van der Waals surface area contributed by atoms with Crippen LogP contribution in [0.15, 0.2) is 47.6 Å². The number of fused-ring (bicyclic) bond motifs is 1. The molecule has 0 saturated heterocycles. The second-order valence-electron chi connectivity index (χ2n) is 5.05. The van der Waals surface area contributed by atoms with Gasteiger partial charge in [-0.1, -0.05) is 0 Å². The molecule has 0 aliphatic rings. The molecule has 23 heavy (non-hydrogen) atoms. The number of imidazole rings is 1. The summed E-state index contributed by atoms with van der Waals surface area (Å²) < 4.78 is 14.8. The lowest BCUT2D eigenvalue weighted by atomic mass is 10.1. The molecule has 2 N–H and O–H groups in total. The van der Waals surface area contributed by atoms with Crippen LogP contribution in [-0.2, 0) is 0 Å². The van der Waals surface area contributed by atoms with Crippen molar-refractivity contribution in [3.05, 3.63) is 59.7 Å². The molecule has 0 aliphatic heterocycles. The fourth-order valence-corrected chi connectivity index (χ4v) is 2.35. The van der Waals surface area contributed by atoms with Gasteiger partial charge < -0.3 is 5.73 Å². The minimum atomic E-state index is -0.278. The Morgan fingerprint density at radius 2 is 1.96 bits per heavy atom. The van der Waals surface area contributed by atoms with Crippen molar-refractivity contribution in [3.63, 3.8) is 0 Å². The number of benzene rings is 1. The molecule has 116 valence electrons. The van der Waals surface area contributed by atoms with Crippen LogP contribution in [0.4, 0.5) is 10.2 Å². The maximum Gasteiger partial charge on any atom is 0.156 e. The number of hydrogen-bond donors (Lipinski definition) is 1. The molecule has 3 rings (SSSR count). The lowest BCUT2D eigenvalue weighted by Crippen LogP contribution is -1.97. The monoisotopic (exact) mass is 309 g/mol. The Balaban J connectivity index is 2.14. The van der Waals surface area contributed by atoms with Gasteiger partial charge in [-0.3, -0.25) is 4.99 Å². The predicted octanol–water partition coefficient (Wildman–Crippen LogP) is 3.43. The highest BCUT2D eigenvalue weighted by Crippen LogP contribution is 2.26. The van der Waals surface area contributed by atoms with Crippen molar-refractivity contribution in [1.29, 1.82) is 0 Å². The number of nitrogens with two attached hydrogens (primary N) is 1. The Kier molecular flexibility index (Phi) is 3.89. The van der Waals surface area contributed by atoms with Gasteiger partial charge in [0.25, 0.3) is 0 Å². The first kappa shape index (κ1) is 14.9. The Morgan fingerprint density at radius 1 is 1.22 bits per heavy atom. The van der Waals surface area contributed by atoms with Crippen molar-refractivity contribution in [3.8, 4) is 0 Å². The molecule has 0 fully saturated rings. The Bertz CT molecular complexity index is 906. The predicted molar refractivity (Wildman–Crippen MR) is 90.5 cm³/mol. The second kappa shape index (κ2) is 6.00. The Labute approximate surface area is 133 Å². The highest BCUT2D eigenvalue weighted by atomic mass is 19.1. The number of halogens is 1. The highest BCUT2D eigenvalue weighted by Gasteiger charge is 2.10. The summed E-state index contributed by atoms with van der Waals surface area (Å²) in [5, 5.41) is 4.51. The summed E-state index contributed by atoms with van der Waals surface area (Å²) in [5.41, 5.74) is 9.57. The smallest absolute Gasteiger partial charge is 0.156 e. The maximum absolute atomic E-state index is 13.1. The number of hydrogen-bond acceptors (Lipinski definition) is 4. The number of rotatable bonds is 3. The standard InChI is InChI=1S/C17H16FN5/c1-3-20-17(12-4-6-13(18)7-5-12)11(2)14-8-9-16-21-15(19)10-23(16)22-14/h3-10H,19H2,1-2H3. The van der Waals surface area contributed by atoms with Crippen molar-refractivity contribution in [2.24, 2.45) is 4.99 Å². The van der Waals surface area contributed by atoms with Crippen LogP contribution in [0.5, 0.6) is 0 Å². The molecule has 5 nitrogen and oxygen atoms in total. The van der Waals surface area contributed by atoms with E-state index >= 15 is 0 Å². The highest BCUT2D eigenvalue weighted by molar-refractivity contribution is 5.90. The van der Waals surface area contributed by atoms with E-state index in [1.807, 2.05) is 26.0 Å². The summed E-state index contributed by atoms with van der Waals surface area (Å²) in [7, 11) is 0. The summed E-state index contributed by atoms with van der Waals surface area (Å²) in [6.07, 6.45) is 3.36. The largest absolute Gasteiger partial charge is 0.382 e. The zero-order valence-electron chi connectivity index (χ0n) is 12.9. The first-order valence-corrected chi connectivity index (χ1v) is 7.16. The minimum absolute atomic E-state index is 0.278. The molecule has 6 heteroatoms. The fraction of sp³-hybridized carbons (Fsp3) is 0.118. The normalized spacial score (nSPS) is 12.8. The lowest BCUT2D eigenvalue weighted by Gasteiger charge is -2.08. The Morgan fingerprint density at radius 3 is 2.65 bits per heavy atom. The van der Waals surface area contributed by atoms with Crippen LogP contribution < -0.4 is 5.73 Å².